The van der Waals surface area contributed by atoms with E-state index in [1.807, 2.05) is 30.3 Å². The number of rotatable bonds is 5. The van der Waals surface area contributed by atoms with Gasteiger partial charge < -0.3 is 0 Å². The van der Waals surface area contributed by atoms with E-state index in [1.165, 1.54) is 10.7 Å². The summed E-state index contributed by atoms with van der Waals surface area (Å²) in [5.41, 5.74) is 3.62. The molecule has 0 unspecified atom stereocenters. The number of benzene rings is 1. The van der Waals surface area contributed by atoms with Crippen molar-refractivity contribution < 1.29 is 4.39 Å². The summed E-state index contributed by atoms with van der Waals surface area (Å²) in [6.07, 6.45) is 5.39. The van der Waals surface area contributed by atoms with Crippen LogP contribution >= 0.6 is 0 Å². The van der Waals surface area contributed by atoms with Crippen LogP contribution in [0.4, 0.5) is 4.39 Å². The minimum Gasteiger partial charge on any atom is -0.268 e. The van der Waals surface area contributed by atoms with Gasteiger partial charge in [0.05, 0.1) is 29.6 Å². The molecule has 0 bridgehead atoms. The Balaban J connectivity index is 1.95. The van der Waals surface area contributed by atoms with Gasteiger partial charge >= 0.3 is 0 Å². The number of fused-ring (bicyclic) bond motifs is 1. The molecule has 3 aromatic heterocycles. The van der Waals surface area contributed by atoms with Crippen LogP contribution in [0.5, 0.6) is 0 Å². The highest BCUT2D eigenvalue weighted by Crippen LogP contribution is 2.33. The summed E-state index contributed by atoms with van der Waals surface area (Å²) in [5.74, 6) is 0. The fraction of sp³-hybridized carbons (Fsp3) is 0.158. The van der Waals surface area contributed by atoms with Crippen LogP contribution in [-0.2, 0) is 6.54 Å². The summed E-state index contributed by atoms with van der Waals surface area (Å²) in [6, 6.07) is 12.9. The Morgan fingerprint density at radius 3 is 2.69 bits per heavy atom. The van der Waals surface area contributed by atoms with Gasteiger partial charge in [0.25, 0.3) is 5.56 Å². The molecule has 130 valence electrons. The van der Waals surface area contributed by atoms with Crippen molar-refractivity contribution >= 4 is 5.52 Å². The second kappa shape index (κ2) is 6.87. The van der Waals surface area contributed by atoms with E-state index in [2.05, 4.69) is 15.2 Å². The molecule has 0 spiro atoms. The normalized spacial score (nSPS) is 11.1. The predicted octanol–water partition coefficient (Wildman–Crippen LogP) is 2.98. The number of nitrogens with zero attached hydrogens (tertiary/aromatic N) is 5. The molecule has 0 N–H and O–H groups in total. The van der Waals surface area contributed by atoms with Crippen molar-refractivity contribution in [3.05, 3.63) is 71.4 Å². The van der Waals surface area contributed by atoms with Crippen LogP contribution in [0.15, 0.2) is 65.8 Å². The molecule has 7 heteroatoms. The Kier molecular flexibility index (Phi) is 4.27. The maximum absolute atomic E-state index is 12.5. The van der Waals surface area contributed by atoms with Crippen molar-refractivity contribution in [3.8, 4) is 22.5 Å². The van der Waals surface area contributed by atoms with Crippen LogP contribution in [0.25, 0.3) is 28.0 Å². The first kappa shape index (κ1) is 16.1. The zero-order chi connectivity index (χ0) is 17.9. The molecule has 0 radical (unpaired) electrons. The second-order valence-electron chi connectivity index (χ2n) is 5.82. The topological polar surface area (TPSA) is 65.1 Å². The Morgan fingerprint density at radius 1 is 1.04 bits per heavy atom. The lowest BCUT2D eigenvalue weighted by atomic mass is 10.0. The molecule has 0 saturated heterocycles. The first-order chi connectivity index (χ1) is 12.8. The van der Waals surface area contributed by atoms with Crippen LogP contribution in [-0.4, -0.2) is 31.1 Å². The highest BCUT2D eigenvalue weighted by Gasteiger charge is 2.18. The predicted molar refractivity (Wildman–Crippen MR) is 96.5 cm³/mol. The van der Waals surface area contributed by atoms with E-state index in [4.69, 9.17) is 0 Å². The van der Waals surface area contributed by atoms with E-state index in [-0.39, 0.29) is 18.5 Å². The van der Waals surface area contributed by atoms with Crippen molar-refractivity contribution in [2.24, 2.45) is 0 Å². The largest absolute Gasteiger partial charge is 0.268 e. The van der Waals surface area contributed by atoms with Crippen molar-refractivity contribution in [1.29, 1.82) is 0 Å². The van der Waals surface area contributed by atoms with E-state index >= 15 is 0 Å². The van der Waals surface area contributed by atoms with Crippen LogP contribution in [0.1, 0.15) is 6.42 Å². The van der Waals surface area contributed by atoms with Crippen LogP contribution in [0.2, 0.25) is 0 Å². The highest BCUT2D eigenvalue weighted by molar-refractivity contribution is 5.90. The molecule has 26 heavy (non-hydrogen) atoms. The Labute approximate surface area is 148 Å². The molecule has 0 atom stereocenters. The van der Waals surface area contributed by atoms with Gasteiger partial charge in [-0.2, -0.15) is 10.2 Å². The van der Waals surface area contributed by atoms with E-state index in [9.17, 15) is 9.18 Å². The van der Waals surface area contributed by atoms with Gasteiger partial charge in [-0.1, -0.05) is 30.3 Å². The standard InChI is InChI=1S/C19H16FN5O/c20-9-4-11-25-17(26)8-7-15(22-25)18-16-13-21-10-12-24(16)23-19(18)14-5-2-1-3-6-14/h1-3,5-8,10,12-13H,4,9,11H2. The molecular formula is C19H16FN5O. The van der Waals surface area contributed by atoms with Crippen LogP contribution in [0, 0.1) is 0 Å². The molecule has 0 aliphatic rings. The zero-order valence-corrected chi connectivity index (χ0v) is 13.9. The van der Waals surface area contributed by atoms with Crippen molar-refractivity contribution in [2.45, 2.75) is 13.0 Å². The zero-order valence-electron chi connectivity index (χ0n) is 13.9. The first-order valence-electron chi connectivity index (χ1n) is 8.30. The smallest absolute Gasteiger partial charge is 0.266 e. The quantitative estimate of drug-likeness (QED) is 0.556. The lowest BCUT2D eigenvalue weighted by Gasteiger charge is -2.07. The van der Waals surface area contributed by atoms with E-state index in [1.54, 1.807) is 29.2 Å². The van der Waals surface area contributed by atoms with Gasteiger partial charge in [0, 0.05) is 30.6 Å². The molecule has 4 rings (SSSR count). The number of hydrogen-bond donors (Lipinski definition) is 0. The lowest BCUT2D eigenvalue weighted by Crippen LogP contribution is -2.22. The number of alkyl halides is 1. The number of halogens is 1. The number of aryl methyl sites for hydroxylation is 1. The summed E-state index contributed by atoms with van der Waals surface area (Å²) < 4.78 is 15.5. The second-order valence-corrected chi connectivity index (χ2v) is 5.82. The fourth-order valence-corrected chi connectivity index (χ4v) is 2.90. The lowest BCUT2D eigenvalue weighted by molar-refractivity contribution is 0.428. The summed E-state index contributed by atoms with van der Waals surface area (Å²) in [5, 5.41) is 9.11. The molecule has 0 fully saturated rings. The van der Waals surface area contributed by atoms with Crippen LogP contribution in [0.3, 0.4) is 0 Å². The van der Waals surface area contributed by atoms with E-state index < -0.39 is 6.67 Å². The molecule has 0 aliphatic heterocycles. The third kappa shape index (κ3) is 2.88. The monoisotopic (exact) mass is 349 g/mol. The maximum Gasteiger partial charge on any atom is 0.266 e. The van der Waals surface area contributed by atoms with Gasteiger partial charge in [-0.05, 0) is 12.5 Å². The number of aromatic nitrogens is 5. The minimum atomic E-state index is -0.492. The van der Waals surface area contributed by atoms with Gasteiger partial charge in [0.15, 0.2) is 0 Å². The summed E-state index contributed by atoms with van der Waals surface area (Å²) in [6.45, 7) is -0.254. The summed E-state index contributed by atoms with van der Waals surface area (Å²) >= 11 is 0. The van der Waals surface area contributed by atoms with Crippen molar-refractivity contribution in [3.63, 3.8) is 0 Å². The molecular weight excluding hydrogens is 333 g/mol. The first-order valence-corrected chi connectivity index (χ1v) is 8.30. The fourth-order valence-electron chi connectivity index (χ4n) is 2.90. The average Bonchev–Trinajstić information content (AvgIpc) is 3.08. The van der Waals surface area contributed by atoms with Gasteiger partial charge in [-0.3, -0.25) is 14.2 Å². The van der Waals surface area contributed by atoms with Gasteiger partial charge in [0.2, 0.25) is 0 Å². The highest BCUT2D eigenvalue weighted by atomic mass is 19.1. The molecule has 0 saturated carbocycles. The molecule has 3 heterocycles. The molecule has 4 aromatic rings. The van der Waals surface area contributed by atoms with Crippen LogP contribution < -0.4 is 5.56 Å². The van der Waals surface area contributed by atoms with Crippen molar-refractivity contribution in [1.82, 2.24) is 24.4 Å². The Morgan fingerprint density at radius 2 is 1.88 bits per heavy atom. The SMILES string of the molecule is O=c1ccc(-c2c(-c3ccccc3)nn3ccncc23)nn1CCCF. The molecule has 0 amide bonds. The average molecular weight is 349 g/mol. The van der Waals surface area contributed by atoms with Gasteiger partial charge in [0.1, 0.15) is 5.69 Å². The molecule has 6 nitrogen and oxygen atoms in total. The molecule has 1 aromatic carbocycles. The van der Waals surface area contributed by atoms with E-state index in [0.717, 1.165) is 22.3 Å². The minimum absolute atomic E-state index is 0.237. The van der Waals surface area contributed by atoms with E-state index in [0.29, 0.717) is 5.69 Å². The summed E-state index contributed by atoms with van der Waals surface area (Å²) in [7, 11) is 0. The van der Waals surface area contributed by atoms with Crippen molar-refractivity contribution in [2.75, 3.05) is 6.67 Å². The third-order valence-corrected chi connectivity index (χ3v) is 4.11. The van der Waals surface area contributed by atoms with Gasteiger partial charge in [-0.15, -0.1) is 0 Å². The Bertz CT molecular complexity index is 1100. The molecule has 0 aliphatic carbocycles. The maximum atomic E-state index is 12.5. The third-order valence-electron chi connectivity index (χ3n) is 4.11. The summed E-state index contributed by atoms with van der Waals surface area (Å²) in [4.78, 5) is 16.2. The Hall–Kier alpha value is -3.35. The number of hydrogen-bond acceptors (Lipinski definition) is 4. The van der Waals surface area contributed by atoms with Gasteiger partial charge in [-0.25, -0.2) is 9.20 Å².